The van der Waals surface area contributed by atoms with Crippen LogP contribution in [0.25, 0.3) is 0 Å². The second kappa shape index (κ2) is 3.78. The summed E-state index contributed by atoms with van der Waals surface area (Å²) in [4.78, 5) is 11.4. The summed E-state index contributed by atoms with van der Waals surface area (Å²) in [5.74, 6) is 1.01. The Hall–Kier alpha value is -1.57. The van der Waals surface area contributed by atoms with Crippen LogP contribution < -0.4 is 4.74 Å². The molecular formula is C14H16O2. The summed E-state index contributed by atoms with van der Waals surface area (Å²) >= 11 is 0. The maximum Gasteiger partial charge on any atom is 0.160 e. The van der Waals surface area contributed by atoms with Crippen LogP contribution in [-0.4, -0.2) is 11.9 Å². The summed E-state index contributed by atoms with van der Waals surface area (Å²) in [5, 5.41) is 0. The number of hydrogen-bond acceptors (Lipinski definition) is 2. The smallest absolute Gasteiger partial charge is 0.160 e. The SMILES string of the molecule is C=C(C)C1Cc2cc(C(C)=O)c(C)cc2O1. The number of Topliss-reactive ketones (excluding diaryl/α,β-unsaturated/α-hetero) is 1. The van der Waals surface area contributed by atoms with Crippen LogP contribution in [0.5, 0.6) is 5.75 Å². The molecule has 0 spiro atoms. The maximum atomic E-state index is 11.4. The largest absolute Gasteiger partial charge is 0.485 e. The van der Waals surface area contributed by atoms with Crippen LogP contribution in [0.4, 0.5) is 0 Å². The third-order valence-corrected chi connectivity index (χ3v) is 3.01. The number of ketones is 1. The second-order valence-electron chi connectivity index (χ2n) is 4.49. The number of hydrogen-bond donors (Lipinski definition) is 0. The first-order chi connectivity index (χ1) is 7.49. The molecule has 2 heteroatoms. The van der Waals surface area contributed by atoms with Gasteiger partial charge in [0.25, 0.3) is 0 Å². The van der Waals surface area contributed by atoms with Crippen LogP contribution >= 0.6 is 0 Å². The van der Waals surface area contributed by atoms with Crippen molar-refractivity contribution in [2.75, 3.05) is 0 Å². The van der Waals surface area contributed by atoms with E-state index in [1.165, 1.54) is 0 Å². The van der Waals surface area contributed by atoms with Crippen molar-refractivity contribution in [2.24, 2.45) is 0 Å². The van der Waals surface area contributed by atoms with Crippen LogP contribution in [0, 0.1) is 6.92 Å². The zero-order valence-corrected chi connectivity index (χ0v) is 9.96. The van der Waals surface area contributed by atoms with E-state index >= 15 is 0 Å². The van der Waals surface area contributed by atoms with E-state index in [9.17, 15) is 4.79 Å². The summed E-state index contributed by atoms with van der Waals surface area (Å²) in [6.07, 6.45) is 0.891. The Balaban J connectivity index is 2.40. The highest BCUT2D eigenvalue weighted by Crippen LogP contribution is 2.33. The fraction of sp³-hybridized carbons (Fsp3) is 0.357. The molecule has 1 aliphatic heterocycles. The first-order valence-corrected chi connectivity index (χ1v) is 5.45. The summed E-state index contributed by atoms with van der Waals surface area (Å²) in [6, 6.07) is 3.91. The molecule has 0 radical (unpaired) electrons. The predicted molar refractivity (Wildman–Crippen MR) is 64.1 cm³/mol. The molecule has 0 amide bonds. The second-order valence-corrected chi connectivity index (χ2v) is 4.49. The number of carbonyl (C=O) groups excluding carboxylic acids is 1. The standard InChI is InChI=1S/C14H16O2/c1-8(2)13-7-11-6-12(10(4)15)9(3)5-14(11)16-13/h5-6,13H,1,7H2,2-4H3. The van der Waals surface area contributed by atoms with Crippen molar-refractivity contribution in [3.05, 3.63) is 41.0 Å². The number of rotatable bonds is 2. The van der Waals surface area contributed by atoms with E-state index in [0.29, 0.717) is 0 Å². The summed E-state index contributed by atoms with van der Waals surface area (Å²) in [6.45, 7) is 9.41. The lowest BCUT2D eigenvalue weighted by Gasteiger charge is -2.09. The molecule has 0 saturated heterocycles. The highest BCUT2D eigenvalue weighted by Gasteiger charge is 2.24. The van der Waals surface area contributed by atoms with E-state index < -0.39 is 0 Å². The average Bonchev–Trinajstić information content (AvgIpc) is 2.58. The van der Waals surface area contributed by atoms with Gasteiger partial charge in [0, 0.05) is 12.0 Å². The molecule has 1 heterocycles. The van der Waals surface area contributed by atoms with E-state index in [1.807, 2.05) is 26.0 Å². The van der Waals surface area contributed by atoms with Crippen LogP contribution in [0.15, 0.2) is 24.3 Å². The van der Waals surface area contributed by atoms with Gasteiger partial charge in [-0.2, -0.15) is 0 Å². The maximum absolute atomic E-state index is 11.4. The third kappa shape index (κ3) is 1.75. The lowest BCUT2D eigenvalue weighted by Crippen LogP contribution is -2.13. The number of benzene rings is 1. The van der Waals surface area contributed by atoms with Crippen molar-refractivity contribution in [3.63, 3.8) is 0 Å². The van der Waals surface area contributed by atoms with E-state index in [-0.39, 0.29) is 11.9 Å². The van der Waals surface area contributed by atoms with Crippen molar-refractivity contribution in [1.82, 2.24) is 0 Å². The normalized spacial score (nSPS) is 17.8. The van der Waals surface area contributed by atoms with Gasteiger partial charge in [0.15, 0.2) is 5.78 Å². The topological polar surface area (TPSA) is 26.3 Å². The minimum Gasteiger partial charge on any atom is -0.485 e. The predicted octanol–water partition coefficient (Wildman–Crippen LogP) is 3.08. The zero-order valence-electron chi connectivity index (χ0n) is 9.96. The molecule has 1 aromatic carbocycles. The minimum absolute atomic E-state index is 0.0663. The Morgan fingerprint density at radius 1 is 1.44 bits per heavy atom. The van der Waals surface area contributed by atoms with Gasteiger partial charge in [-0.1, -0.05) is 6.58 Å². The van der Waals surface area contributed by atoms with Crippen LogP contribution in [0.3, 0.4) is 0 Å². The molecule has 0 saturated carbocycles. The molecule has 0 fully saturated rings. The summed E-state index contributed by atoms with van der Waals surface area (Å²) in [7, 11) is 0. The van der Waals surface area contributed by atoms with Gasteiger partial charge in [-0.3, -0.25) is 4.79 Å². The molecule has 1 aliphatic rings. The average molecular weight is 216 g/mol. The first kappa shape index (κ1) is 10.9. The molecular weight excluding hydrogens is 200 g/mol. The van der Waals surface area contributed by atoms with E-state index in [0.717, 1.165) is 34.4 Å². The number of aryl methyl sites for hydroxylation is 1. The van der Waals surface area contributed by atoms with Crippen molar-refractivity contribution in [3.8, 4) is 5.75 Å². The van der Waals surface area contributed by atoms with Gasteiger partial charge >= 0.3 is 0 Å². The molecule has 2 nitrogen and oxygen atoms in total. The lowest BCUT2D eigenvalue weighted by atomic mass is 9.99. The molecule has 0 N–H and O–H groups in total. The van der Waals surface area contributed by atoms with Gasteiger partial charge < -0.3 is 4.74 Å². The number of ether oxygens (including phenoxy) is 1. The Labute approximate surface area is 95.9 Å². The van der Waals surface area contributed by atoms with Gasteiger partial charge in [0.1, 0.15) is 11.9 Å². The van der Waals surface area contributed by atoms with Crippen LogP contribution in [0.2, 0.25) is 0 Å². The summed E-state index contributed by atoms with van der Waals surface area (Å²) < 4.78 is 5.77. The molecule has 2 rings (SSSR count). The van der Waals surface area contributed by atoms with Crippen molar-refractivity contribution in [1.29, 1.82) is 0 Å². The molecule has 1 aromatic rings. The number of carbonyl (C=O) groups is 1. The Kier molecular flexibility index (Phi) is 2.58. The Morgan fingerprint density at radius 3 is 2.69 bits per heavy atom. The molecule has 0 aliphatic carbocycles. The van der Waals surface area contributed by atoms with Crippen LogP contribution in [0.1, 0.15) is 35.3 Å². The fourth-order valence-corrected chi connectivity index (χ4v) is 2.04. The fourth-order valence-electron chi connectivity index (χ4n) is 2.04. The van der Waals surface area contributed by atoms with E-state index in [4.69, 9.17) is 4.74 Å². The van der Waals surface area contributed by atoms with Crippen molar-refractivity contribution in [2.45, 2.75) is 33.3 Å². The molecule has 84 valence electrons. The molecule has 0 bridgehead atoms. The van der Waals surface area contributed by atoms with Gasteiger partial charge in [-0.05, 0) is 49.6 Å². The summed E-state index contributed by atoms with van der Waals surface area (Å²) in [5.41, 5.74) is 3.92. The van der Waals surface area contributed by atoms with E-state index in [1.54, 1.807) is 6.92 Å². The number of fused-ring (bicyclic) bond motifs is 1. The van der Waals surface area contributed by atoms with Crippen LogP contribution in [-0.2, 0) is 6.42 Å². The van der Waals surface area contributed by atoms with Gasteiger partial charge in [-0.25, -0.2) is 0 Å². The van der Waals surface area contributed by atoms with E-state index in [2.05, 4.69) is 6.58 Å². The Bertz CT molecular complexity index is 472. The molecule has 0 aromatic heterocycles. The third-order valence-electron chi connectivity index (χ3n) is 3.01. The monoisotopic (exact) mass is 216 g/mol. The van der Waals surface area contributed by atoms with Gasteiger partial charge in [0.2, 0.25) is 0 Å². The molecule has 1 unspecified atom stereocenters. The zero-order chi connectivity index (χ0) is 11.9. The molecule has 16 heavy (non-hydrogen) atoms. The molecule has 1 atom stereocenters. The lowest BCUT2D eigenvalue weighted by molar-refractivity contribution is 0.101. The first-order valence-electron chi connectivity index (χ1n) is 5.45. The quantitative estimate of drug-likeness (QED) is 0.561. The van der Waals surface area contributed by atoms with Gasteiger partial charge in [0.05, 0.1) is 0 Å². The Morgan fingerprint density at radius 2 is 2.12 bits per heavy atom. The minimum atomic E-state index is 0.0663. The highest BCUT2D eigenvalue weighted by atomic mass is 16.5. The van der Waals surface area contributed by atoms with Crippen molar-refractivity contribution < 1.29 is 9.53 Å². The highest BCUT2D eigenvalue weighted by molar-refractivity contribution is 5.96. The van der Waals surface area contributed by atoms with Gasteiger partial charge in [-0.15, -0.1) is 0 Å². The van der Waals surface area contributed by atoms with Crippen molar-refractivity contribution >= 4 is 5.78 Å².